The van der Waals surface area contributed by atoms with E-state index >= 15 is 0 Å². The van der Waals surface area contributed by atoms with Gasteiger partial charge in [0.05, 0.1) is 6.20 Å². The molecule has 4 rings (SSSR count). The lowest BCUT2D eigenvalue weighted by Crippen LogP contribution is -2.45. The Labute approximate surface area is 167 Å². The fourth-order valence-corrected chi connectivity index (χ4v) is 4.72. The molecular weight excluding hydrogens is 348 g/mol. The minimum atomic E-state index is 0.0198. The summed E-state index contributed by atoms with van der Waals surface area (Å²) in [5.74, 6) is 0.593. The van der Waals surface area contributed by atoms with Gasteiger partial charge in [-0.3, -0.25) is 14.7 Å². The van der Waals surface area contributed by atoms with Gasteiger partial charge in [-0.15, -0.1) is 0 Å². The van der Waals surface area contributed by atoms with E-state index in [9.17, 15) is 4.79 Å². The summed E-state index contributed by atoms with van der Waals surface area (Å²) in [6.07, 6.45) is 8.27. The first kappa shape index (κ1) is 19.1. The Kier molecular flexibility index (Phi) is 5.44. The van der Waals surface area contributed by atoms with Gasteiger partial charge in [0.15, 0.2) is 0 Å². The highest BCUT2D eigenvalue weighted by molar-refractivity contribution is 5.92. The zero-order chi connectivity index (χ0) is 19.6. The molecule has 1 amide bonds. The zero-order valence-electron chi connectivity index (χ0n) is 17.0. The Morgan fingerprint density at radius 1 is 1.11 bits per heavy atom. The fourth-order valence-electron chi connectivity index (χ4n) is 4.72. The van der Waals surface area contributed by atoms with Gasteiger partial charge in [0.2, 0.25) is 0 Å². The van der Waals surface area contributed by atoms with Crippen molar-refractivity contribution in [3.05, 3.63) is 59.7 Å². The van der Waals surface area contributed by atoms with Crippen LogP contribution >= 0.6 is 0 Å². The molecule has 1 atom stereocenters. The van der Waals surface area contributed by atoms with Crippen molar-refractivity contribution in [2.24, 2.45) is 5.41 Å². The van der Waals surface area contributed by atoms with Gasteiger partial charge in [-0.05, 0) is 42.9 Å². The quantitative estimate of drug-likeness (QED) is 0.813. The molecule has 2 saturated heterocycles. The second kappa shape index (κ2) is 8.00. The number of amides is 1. The SMILES string of the molecule is CC(C)c1ccc(CN2CCC[C@@]3(CCN(C(=O)c4cnccn4)C3)C2)cc1. The number of piperidine rings is 1. The lowest BCUT2D eigenvalue weighted by atomic mass is 9.79. The number of hydrogen-bond acceptors (Lipinski definition) is 4. The van der Waals surface area contributed by atoms with Crippen LogP contribution in [0.4, 0.5) is 0 Å². The molecule has 28 heavy (non-hydrogen) atoms. The van der Waals surface area contributed by atoms with Gasteiger partial charge in [-0.1, -0.05) is 38.1 Å². The molecule has 0 N–H and O–H groups in total. The smallest absolute Gasteiger partial charge is 0.274 e. The summed E-state index contributed by atoms with van der Waals surface area (Å²) in [5.41, 5.74) is 3.46. The van der Waals surface area contributed by atoms with Crippen LogP contribution in [0.25, 0.3) is 0 Å². The predicted octanol–water partition coefficient (Wildman–Crippen LogP) is 3.73. The summed E-state index contributed by atoms with van der Waals surface area (Å²) >= 11 is 0. The van der Waals surface area contributed by atoms with E-state index in [-0.39, 0.29) is 11.3 Å². The largest absolute Gasteiger partial charge is 0.337 e. The van der Waals surface area contributed by atoms with Gasteiger partial charge in [0.1, 0.15) is 5.69 Å². The molecule has 5 nitrogen and oxygen atoms in total. The molecule has 2 aromatic rings. The van der Waals surface area contributed by atoms with E-state index < -0.39 is 0 Å². The monoisotopic (exact) mass is 378 g/mol. The summed E-state index contributed by atoms with van der Waals surface area (Å²) in [4.78, 5) is 25.5. The van der Waals surface area contributed by atoms with Gasteiger partial charge in [0, 0.05) is 44.0 Å². The number of aromatic nitrogens is 2. The van der Waals surface area contributed by atoms with E-state index in [0.29, 0.717) is 11.6 Å². The first-order valence-electron chi connectivity index (χ1n) is 10.4. The molecule has 2 aliphatic heterocycles. The Morgan fingerprint density at radius 3 is 2.64 bits per heavy atom. The molecule has 0 aliphatic carbocycles. The molecule has 1 spiro atoms. The number of carbonyl (C=O) groups is 1. The Balaban J connectivity index is 1.39. The van der Waals surface area contributed by atoms with Crippen LogP contribution in [-0.4, -0.2) is 51.9 Å². The van der Waals surface area contributed by atoms with Crippen molar-refractivity contribution in [2.75, 3.05) is 26.2 Å². The Morgan fingerprint density at radius 2 is 1.93 bits per heavy atom. The molecule has 3 heterocycles. The number of rotatable bonds is 4. The Hall–Kier alpha value is -2.27. The third-order valence-electron chi connectivity index (χ3n) is 6.30. The third-order valence-corrected chi connectivity index (χ3v) is 6.30. The molecular formula is C23H30N4O. The van der Waals surface area contributed by atoms with Crippen LogP contribution in [0.1, 0.15) is 60.6 Å². The van der Waals surface area contributed by atoms with Gasteiger partial charge in [-0.25, -0.2) is 4.98 Å². The molecule has 0 unspecified atom stereocenters. The molecule has 2 aliphatic rings. The van der Waals surface area contributed by atoms with E-state index in [1.54, 1.807) is 18.6 Å². The van der Waals surface area contributed by atoms with Crippen LogP contribution in [0.5, 0.6) is 0 Å². The van der Waals surface area contributed by atoms with Gasteiger partial charge >= 0.3 is 0 Å². The van der Waals surface area contributed by atoms with Crippen LogP contribution in [0.2, 0.25) is 0 Å². The average Bonchev–Trinajstić information content (AvgIpc) is 3.11. The Bertz CT molecular complexity index is 805. The number of carbonyl (C=O) groups excluding carboxylic acids is 1. The van der Waals surface area contributed by atoms with E-state index in [4.69, 9.17) is 0 Å². The lowest BCUT2D eigenvalue weighted by molar-refractivity contribution is 0.0670. The number of hydrogen-bond donors (Lipinski definition) is 0. The maximum atomic E-state index is 12.7. The summed E-state index contributed by atoms with van der Waals surface area (Å²) in [6.45, 7) is 9.35. The van der Waals surface area contributed by atoms with E-state index in [2.05, 4.69) is 53.0 Å². The summed E-state index contributed by atoms with van der Waals surface area (Å²) in [7, 11) is 0. The lowest BCUT2D eigenvalue weighted by Gasteiger charge is -2.40. The highest BCUT2D eigenvalue weighted by Gasteiger charge is 2.43. The van der Waals surface area contributed by atoms with Crippen LogP contribution in [0, 0.1) is 5.41 Å². The number of nitrogens with zero attached hydrogens (tertiary/aromatic N) is 4. The molecule has 5 heteroatoms. The van der Waals surface area contributed by atoms with Gasteiger partial charge < -0.3 is 4.90 Å². The van der Waals surface area contributed by atoms with Crippen LogP contribution in [0.3, 0.4) is 0 Å². The summed E-state index contributed by atoms with van der Waals surface area (Å²) in [5, 5.41) is 0. The maximum Gasteiger partial charge on any atom is 0.274 e. The predicted molar refractivity (Wildman–Crippen MR) is 110 cm³/mol. The van der Waals surface area contributed by atoms with Crippen molar-refractivity contribution in [3.63, 3.8) is 0 Å². The van der Waals surface area contributed by atoms with Crippen molar-refractivity contribution in [2.45, 2.75) is 45.6 Å². The van der Waals surface area contributed by atoms with E-state index in [1.165, 1.54) is 24.0 Å². The highest BCUT2D eigenvalue weighted by atomic mass is 16.2. The zero-order valence-corrected chi connectivity index (χ0v) is 17.0. The topological polar surface area (TPSA) is 49.3 Å². The summed E-state index contributed by atoms with van der Waals surface area (Å²) in [6, 6.07) is 9.07. The van der Waals surface area contributed by atoms with Crippen molar-refractivity contribution in [3.8, 4) is 0 Å². The minimum absolute atomic E-state index is 0.0198. The molecule has 2 fully saturated rings. The maximum absolute atomic E-state index is 12.7. The van der Waals surface area contributed by atoms with Crippen LogP contribution < -0.4 is 0 Å². The van der Waals surface area contributed by atoms with Crippen molar-refractivity contribution >= 4 is 5.91 Å². The van der Waals surface area contributed by atoms with Crippen LogP contribution in [-0.2, 0) is 6.54 Å². The van der Waals surface area contributed by atoms with Gasteiger partial charge in [-0.2, -0.15) is 0 Å². The van der Waals surface area contributed by atoms with E-state index in [1.807, 2.05) is 4.90 Å². The van der Waals surface area contributed by atoms with Crippen LogP contribution in [0.15, 0.2) is 42.9 Å². The van der Waals surface area contributed by atoms with Gasteiger partial charge in [0.25, 0.3) is 5.91 Å². The average molecular weight is 379 g/mol. The second-order valence-electron chi connectivity index (χ2n) is 8.78. The second-order valence-corrected chi connectivity index (χ2v) is 8.78. The first-order valence-corrected chi connectivity index (χ1v) is 10.4. The van der Waals surface area contributed by atoms with E-state index in [0.717, 1.165) is 39.1 Å². The standard InChI is InChI=1S/C23H30N4O/c1-18(2)20-6-4-19(5-7-20)15-26-12-3-8-23(16-26)9-13-27(17-23)22(28)21-14-24-10-11-25-21/h4-7,10-11,14,18H,3,8-9,12-13,15-17H2,1-2H3/t23-/m1/s1. The molecule has 0 bridgehead atoms. The fraction of sp³-hybridized carbons (Fsp3) is 0.522. The molecule has 0 radical (unpaired) electrons. The molecule has 1 aromatic heterocycles. The van der Waals surface area contributed by atoms with Crippen molar-refractivity contribution in [1.29, 1.82) is 0 Å². The normalized spacial score (nSPS) is 22.9. The van der Waals surface area contributed by atoms with Crippen molar-refractivity contribution < 1.29 is 4.79 Å². The molecule has 148 valence electrons. The summed E-state index contributed by atoms with van der Waals surface area (Å²) < 4.78 is 0. The third kappa shape index (κ3) is 4.09. The number of benzene rings is 1. The number of likely N-dealkylation sites (tertiary alicyclic amines) is 2. The van der Waals surface area contributed by atoms with Crippen molar-refractivity contribution in [1.82, 2.24) is 19.8 Å². The minimum Gasteiger partial charge on any atom is -0.337 e. The molecule has 0 saturated carbocycles. The molecule has 1 aromatic carbocycles. The first-order chi connectivity index (χ1) is 13.5. The highest BCUT2D eigenvalue weighted by Crippen LogP contribution is 2.39.